The molecule has 0 bridgehead atoms. The Hall–Kier alpha value is -0.850. The molecule has 0 radical (unpaired) electrons. The molecule has 0 saturated carbocycles. The highest BCUT2D eigenvalue weighted by atomic mass is 35.5. The third-order valence-corrected chi connectivity index (χ3v) is 4.03. The van der Waals surface area contributed by atoms with Crippen molar-refractivity contribution in [1.29, 1.82) is 0 Å². The first-order valence-corrected chi connectivity index (χ1v) is 7.71. The fourth-order valence-electron chi connectivity index (χ4n) is 2.80. The summed E-state index contributed by atoms with van der Waals surface area (Å²) in [6.45, 7) is 5.78. The Kier molecular flexibility index (Phi) is 6.26. The van der Waals surface area contributed by atoms with Gasteiger partial charge in [-0.25, -0.2) is 0 Å². The zero-order valence-corrected chi connectivity index (χ0v) is 13.4. The molecule has 1 saturated heterocycles. The minimum Gasteiger partial charge on any atom is -0.496 e. The summed E-state index contributed by atoms with van der Waals surface area (Å²) in [6.07, 6.45) is 1.11. The smallest absolute Gasteiger partial charge is 0.123 e. The highest BCUT2D eigenvalue weighted by molar-refractivity contribution is 6.30. The molecular formula is C15H24ClN3O2. The van der Waals surface area contributed by atoms with Crippen molar-refractivity contribution in [3.8, 4) is 5.75 Å². The Bertz CT molecular complexity index is 457. The van der Waals surface area contributed by atoms with E-state index in [0.717, 1.165) is 37.4 Å². The number of nitrogens with two attached hydrogens (primary N) is 1. The van der Waals surface area contributed by atoms with Gasteiger partial charge < -0.3 is 9.47 Å². The van der Waals surface area contributed by atoms with Gasteiger partial charge in [0, 0.05) is 23.7 Å². The number of methoxy groups -OCH3 is 1. The summed E-state index contributed by atoms with van der Waals surface area (Å²) in [5, 5.41) is 0.660. The van der Waals surface area contributed by atoms with E-state index in [1.165, 1.54) is 0 Å². The van der Waals surface area contributed by atoms with E-state index in [2.05, 4.69) is 17.2 Å². The number of nitrogens with zero attached hydrogens (tertiary/aromatic N) is 1. The predicted molar refractivity (Wildman–Crippen MR) is 84.5 cm³/mol. The second-order valence-electron chi connectivity index (χ2n) is 5.24. The number of hydrazine groups is 1. The lowest BCUT2D eigenvalue weighted by Crippen LogP contribution is -2.49. The van der Waals surface area contributed by atoms with Crippen LogP contribution in [0.5, 0.6) is 5.75 Å². The summed E-state index contributed by atoms with van der Waals surface area (Å²) >= 11 is 6.12. The molecule has 1 heterocycles. The Labute approximate surface area is 131 Å². The summed E-state index contributed by atoms with van der Waals surface area (Å²) in [6, 6.07) is 5.39. The number of hydrogen-bond acceptors (Lipinski definition) is 5. The SMILES string of the molecule is CCCN1CCOC(C(NN)c2cc(Cl)ccc2OC)C1. The van der Waals surface area contributed by atoms with E-state index in [1.807, 2.05) is 18.2 Å². The lowest BCUT2D eigenvalue weighted by atomic mass is 9.99. The van der Waals surface area contributed by atoms with Gasteiger partial charge in [0.15, 0.2) is 0 Å². The summed E-state index contributed by atoms with van der Waals surface area (Å²) < 4.78 is 11.3. The van der Waals surface area contributed by atoms with Gasteiger partial charge in [-0.3, -0.25) is 16.2 Å². The second-order valence-corrected chi connectivity index (χ2v) is 5.68. The molecule has 2 rings (SSSR count). The number of morpholine rings is 1. The van der Waals surface area contributed by atoms with Gasteiger partial charge in [-0.2, -0.15) is 0 Å². The van der Waals surface area contributed by atoms with Crippen LogP contribution in [0.25, 0.3) is 0 Å². The lowest BCUT2D eigenvalue weighted by Gasteiger charge is -2.37. The number of hydrogen-bond donors (Lipinski definition) is 2. The first kappa shape index (κ1) is 16.5. The fraction of sp³-hybridized carbons (Fsp3) is 0.600. The zero-order chi connectivity index (χ0) is 15.2. The van der Waals surface area contributed by atoms with Crippen LogP contribution in [0.2, 0.25) is 5.02 Å². The number of rotatable bonds is 6. The Morgan fingerprint density at radius 2 is 2.38 bits per heavy atom. The molecule has 3 N–H and O–H groups in total. The largest absolute Gasteiger partial charge is 0.496 e. The van der Waals surface area contributed by atoms with E-state index >= 15 is 0 Å². The van der Waals surface area contributed by atoms with E-state index in [-0.39, 0.29) is 12.1 Å². The van der Waals surface area contributed by atoms with Gasteiger partial charge in [0.1, 0.15) is 5.75 Å². The standard InChI is InChI=1S/C15H24ClN3O2/c1-3-6-19-7-8-21-14(10-19)15(18-17)12-9-11(16)4-5-13(12)20-2/h4-5,9,14-15,18H,3,6-8,10,17H2,1-2H3. The van der Waals surface area contributed by atoms with E-state index < -0.39 is 0 Å². The van der Waals surface area contributed by atoms with Crippen molar-refractivity contribution >= 4 is 11.6 Å². The minimum atomic E-state index is -0.154. The van der Waals surface area contributed by atoms with Crippen LogP contribution in [0.4, 0.5) is 0 Å². The molecule has 1 fully saturated rings. The third-order valence-electron chi connectivity index (χ3n) is 3.80. The van der Waals surface area contributed by atoms with Gasteiger partial charge in [0.2, 0.25) is 0 Å². The number of benzene rings is 1. The minimum absolute atomic E-state index is 0.0253. The van der Waals surface area contributed by atoms with Crippen LogP contribution in [0, 0.1) is 0 Å². The van der Waals surface area contributed by atoms with Crippen molar-refractivity contribution < 1.29 is 9.47 Å². The average molecular weight is 314 g/mol. The number of nitrogens with one attached hydrogen (secondary N) is 1. The highest BCUT2D eigenvalue weighted by Gasteiger charge is 2.30. The number of ether oxygens (including phenoxy) is 2. The molecule has 118 valence electrons. The van der Waals surface area contributed by atoms with E-state index in [4.69, 9.17) is 26.9 Å². The molecule has 0 amide bonds. The van der Waals surface area contributed by atoms with Crippen molar-refractivity contribution in [2.45, 2.75) is 25.5 Å². The molecule has 6 heteroatoms. The van der Waals surface area contributed by atoms with Crippen molar-refractivity contribution in [3.63, 3.8) is 0 Å². The second kappa shape index (κ2) is 7.96. The monoisotopic (exact) mass is 313 g/mol. The normalized spacial score (nSPS) is 21.2. The molecule has 2 unspecified atom stereocenters. The molecule has 1 aliphatic heterocycles. The van der Waals surface area contributed by atoms with E-state index in [9.17, 15) is 0 Å². The molecule has 1 aromatic carbocycles. The molecule has 1 aromatic rings. The lowest BCUT2D eigenvalue weighted by molar-refractivity contribution is -0.0474. The van der Waals surface area contributed by atoms with Crippen LogP contribution in [0.1, 0.15) is 24.9 Å². The topological polar surface area (TPSA) is 59.8 Å². The Balaban J connectivity index is 2.20. The fourth-order valence-corrected chi connectivity index (χ4v) is 2.98. The maximum atomic E-state index is 6.12. The summed E-state index contributed by atoms with van der Waals surface area (Å²) in [5.41, 5.74) is 3.79. The van der Waals surface area contributed by atoms with Gasteiger partial charge >= 0.3 is 0 Å². The zero-order valence-electron chi connectivity index (χ0n) is 12.6. The molecule has 0 aromatic heterocycles. The van der Waals surface area contributed by atoms with Crippen LogP contribution in [0.3, 0.4) is 0 Å². The van der Waals surface area contributed by atoms with Crippen molar-refractivity contribution in [3.05, 3.63) is 28.8 Å². The third kappa shape index (κ3) is 4.08. The summed E-state index contributed by atoms with van der Waals surface area (Å²) in [7, 11) is 1.64. The molecule has 2 atom stereocenters. The average Bonchev–Trinajstić information content (AvgIpc) is 2.49. The van der Waals surface area contributed by atoms with Crippen LogP contribution in [-0.4, -0.2) is 44.4 Å². The Morgan fingerprint density at radius 3 is 3.05 bits per heavy atom. The maximum absolute atomic E-state index is 6.12. The van der Waals surface area contributed by atoms with Gasteiger partial charge in [-0.15, -0.1) is 0 Å². The maximum Gasteiger partial charge on any atom is 0.123 e. The van der Waals surface area contributed by atoms with Crippen LogP contribution >= 0.6 is 11.6 Å². The van der Waals surface area contributed by atoms with Gasteiger partial charge in [-0.1, -0.05) is 18.5 Å². The molecule has 0 aliphatic carbocycles. The van der Waals surface area contributed by atoms with Gasteiger partial charge in [-0.05, 0) is 31.2 Å². The van der Waals surface area contributed by atoms with Crippen LogP contribution < -0.4 is 16.0 Å². The van der Waals surface area contributed by atoms with Crippen molar-refractivity contribution in [1.82, 2.24) is 10.3 Å². The highest BCUT2D eigenvalue weighted by Crippen LogP contribution is 2.31. The summed E-state index contributed by atoms with van der Waals surface area (Å²) in [5.74, 6) is 6.54. The molecule has 0 spiro atoms. The number of halogens is 1. The van der Waals surface area contributed by atoms with Gasteiger partial charge in [0.05, 0.1) is 25.9 Å². The predicted octanol–water partition coefficient (Wildman–Crippen LogP) is 1.96. The molecule has 1 aliphatic rings. The first-order chi connectivity index (χ1) is 10.2. The molecular weight excluding hydrogens is 290 g/mol. The van der Waals surface area contributed by atoms with Crippen LogP contribution in [0.15, 0.2) is 18.2 Å². The van der Waals surface area contributed by atoms with E-state index in [1.54, 1.807) is 7.11 Å². The van der Waals surface area contributed by atoms with Crippen molar-refractivity contribution in [2.75, 3.05) is 33.4 Å². The Morgan fingerprint density at radius 1 is 1.57 bits per heavy atom. The summed E-state index contributed by atoms with van der Waals surface area (Å²) in [4.78, 5) is 2.40. The van der Waals surface area contributed by atoms with Crippen LogP contribution in [-0.2, 0) is 4.74 Å². The quantitative estimate of drug-likeness (QED) is 0.621. The first-order valence-electron chi connectivity index (χ1n) is 7.33. The molecule has 21 heavy (non-hydrogen) atoms. The van der Waals surface area contributed by atoms with Gasteiger partial charge in [0.25, 0.3) is 0 Å². The van der Waals surface area contributed by atoms with E-state index in [0.29, 0.717) is 11.6 Å². The van der Waals surface area contributed by atoms with Crippen molar-refractivity contribution in [2.24, 2.45) is 5.84 Å². The molecule has 5 nitrogen and oxygen atoms in total.